The van der Waals surface area contributed by atoms with Gasteiger partial charge in [-0.3, -0.25) is 4.68 Å². The van der Waals surface area contributed by atoms with Gasteiger partial charge in [0.15, 0.2) is 12.0 Å². The van der Waals surface area contributed by atoms with Gasteiger partial charge in [-0.2, -0.15) is 37.2 Å². The molecule has 11 nitrogen and oxygen atoms in total. The summed E-state index contributed by atoms with van der Waals surface area (Å²) in [6, 6.07) is 4.59. The lowest BCUT2D eigenvalue weighted by Crippen LogP contribution is -2.36. The number of nitrogens with zero attached hydrogens (tertiary/aromatic N) is 9. The van der Waals surface area contributed by atoms with E-state index in [1.165, 1.54) is 52.4 Å². The third kappa shape index (κ3) is 5.84. The Morgan fingerprint density at radius 3 is 2.46 bits per heavy atom. The summed E-state index contributed by atoms with van der Waals surface area (Å²) in [5, 5.41) is 31.8. The van der Waals surface area contributed by atoms with Crippen LogP contribution in [0.5, 0.6) is 0 Å². The number of alkyl halides is 4. The van der Waals surface area contributed by atoms with Gasteiger partial charge in [-0.05, 0) is 28.6 Å². The summed E-state index contributed by atoms with van der Waals surface area (Å²) < 4.78 is 74.3. The summed E-state index contributed by atoms with van der Waals surface area (Å²) in [5.74, 6) is -0.828. The Balaban J connectivity index is 1.54. The van der Waals surface area contributed by atoms with Crippen LogP contribution in [-0.2, 0) is 4.74 Å². The number of pyridine rings is 1. The quantitative estimate of drug-likeness (QED) is 0.122. The summed E-state index contributed by atoms with van der Waals surface area (Å²) in [6.45, 7) is -6.45. The zero-order valence-corrected chi connectivity index (χ0v) is 21.8. The predicted octanol–water partition coefficient (Wildman–Crippen LogP) is 5.08. The second-order valence-corrected chi connectivity index (χ2v) is 9.22. The lowest BCUT2D eigenvalue weighted by molar-refractivity contribution is -0.615. The number of ether oxygens (including phenoxy) is 1. The second kappa shape index (κ2) is 11.8. The van der Waals surface area contributed by atoms with E-state index in [0.29, 0.717) is 9.41 Å². The number of hydrogen-bond donors (Lipinski definition) is 0. The number of hydrogen-bond acceptors (Lipinski definition) is 7. The van der Waals surface area contributed by atoms with Gasteiger partial charge in [0.1, 0.15) is 18.1 Å². The highest BCUT2D eigenvalue weighted by Crippen LogP contribution is 2.34. The minimum absolute atomic E-state index is 0.00212. The highest BCUT2D eigenvalue weighted by Gasteiger charge is 2.27. The zero-order valence-electron chi connectivity index (χ0n) is 20.3. The van der Waals surface area contributed by atoms with Crippen molar-refractivity contribution in [3.63, 3.8) is 0 Å². The maximum atomic E-state index is 15.2. The molecule has 0 saturated carbocycles. The molecule has 0 aliphatic heterocycles. The molecule has 0 fully saturated rings. The van der Waals surface area contributed by atoms with Crippen LogP contribution in [0.25, 0.3) is 28.1 Å². The number of halogens is 7. The van der Waals surface area contributed by atoms with Crippen LogP contribution in [0.3, 0.4) is 0 Å². The second-order valence-electron chi connectivity index (χ2n) is 8.41. The topological polar surface area (TPSA) is 115 Å². The Hall–Kier alpha value is -4.15. The fourth-order valence-electron chi connectivity index (χ4n) is 4.16. The summed E-state index contributed by atoms with van der Waals surface area (Å²) in [5.41, 5.74) is 0.500. The summed E-state index contributed by atoms with van der Waals surface area (Å²) in [6.07, 6.45) is 5.75. The fourth-order valence-corrected chi connectivity index (χ4v) is 4.56. The molecule has 0 saturated heterocycles. The lowest BCUT2D eigenvalue weighted by Gasteiger charge is -2.18. The standard InChI is InChI=1S/C23H16Cl2F5N9O2/c24-14-2-4-18(38-11-31-34-35-38)19(20(14)26)12-1-3-17(39(40)9-12)16(5-6-41-23(29)30)36-8-13(7-32-36)21-15(25)10-37(33-21)22(27)28/h1-4,7-11,16,22-23H,5-6H2/t16-/m1/s1. The largest absolute Gasteiger partial charge is 0.618 e. The van der Waals surface area contributed by atoms with Crippen molar-refractivity contribution in [2.24, 2.45) is 0 Å². The average Bonchev–Trinajstić information content (AvgIpc) is 3.70. The van der Waals surface area contributed by atoms with Crippen LogP contribution in [0.15, 0.2) is 55.4 Å². The number of rotatable bonds is 10. The van der Waals surface area contributed by atoms with Gasteiger partial charge >= 0.3 is 13.2 Å². The molecule has 0 unspecified atom stereocenters. The first-order valence-corrected chi connectivity index (χ1v) is 12.3. The van der Waals surface area contributed by atoms with Crippen LogP contribution in [-0.4, -0.2) is 53.0 Å². The van der Waals surface area contributed by atoms with E-state index >= 15 is 4.39 Å². The first-order valence-electron chi connectivity index (χ1n) is 11.6. The normalized spacial score (nSPS) is 12.5. The molecule has 4 aromatic heterocycles. The molecular formula is C23H16Cl2F5N9O2. The fraction of sp³-hybridized carbons (Fsp3) is 0.217. The van der Waals surface area contributed by atoms with Crippen LogP contribution in [0.2, 0.25) is 10.0 Å². The Morgan fingerprint density at radius 1 is 1.00 bits per heavy atom. The molecule has 5 rings (SSSR count). The van der Waals surface area contributed by atoms with E-state index in [4.69, 9.17) is 23.2 Å². The summed E-state index contributed by atoms with van der Waals surface area (Å²) in [7, 11) is 0. The van der Waals surface area contributed by atoms with Crippen molar-refractivity contribution < 1.29 is 31.4 Å². The molecule has 4 heterocycles. The maximum absolute atomic E-state index is 15.2. The molecule has 1 atom stereocenters. The van der Waals surface area contributed by atoms with Crippen LogP contribution in [0, 0.1) is 11.0 Å². The van der Waals surface area contributed by atoms with Crippen molar-refractivity contribution in [2.75, 3.05) is 6.61 Å². The van der Waals surface area contributed by atoms with Gasteiger partial charge < -0.3 is 9.94 Å². The Morgan fingerprint density at radius 2 is 1.80 bits per heavy atom. The third-order valence-corrected chi connectivity index (χ3v) is 6.53. The Kier molecular flexibility index (Phi) is 8.14. The number of benzene rings is 1. The molecule has 0 amide bonds. The van der Waals surface area contributed by atoms with Crippen molar-refractivity contribution in [2.45, 2.75) is 25.6 Å². The van der Waals surface area contributed by atoms with E-state index in [1.807, 2.05) is 0 Å². The van der Waals surface area contributed by atoms with Crippen LogP contribution >= 0.6 is 23.2 Å². The number of tetrazole rings is 1. The van der Waals surface area contributed by atoms with Gasteiger partial charge in [-0.1, -0.05) is 23.2 Å². The third-order valence-electron chi connectivity index (χ3n) is 5.96. The molecule has 0 N–H and O–H groups in total. The average molecular weight is 616 g/mol. The van der Waals surface area contributed by atoms with E-state index in [9.17, 15) is 22.8 Å². The van der Waals surface area contributed by atoms with Crippen LogP contribution in [0.1, 0.15) is 24.7 Å². The Labute approximate surface area is 236 Å². The lowest BCUT2D eigenvalue weighted by atomic mass is 10.0. The van der Waals surface area contributed by atoms with Gasteiger partial charge in [0, 0.05) is 24.2 Å². The van der Waals surface area contributed by atoms with Crippen molar-refractivity contribution in [1.82, 2.24) is 39.8 Å². The van der Waals surface area contributed by atoms with Crippen molar-refractivity contribution >= 4 is 23.2 Å². The predicted molar refractivity (Wildman–Crippen MR) is 133 cm³/mol. The SMILES string of the molecule is [O-][n+]1cc(-c2c(-n3cnnn3)ccc(Cl)c2F)ccc1[C@@H](CCOC(F)F)n1cc(-c2nn(C(F)F)cc2Cl)cn1. The van der Waals surface area contributed by atoms with E-state index in [2.05, 4.69) is 30.5 Å². The van der Waals surface area contributed by atoms with Gasteiger partial charge in [0.05, 0.1) is 45.9 Å². The molecule has 0 radical (unpaired) electrons. The van der Waals surface area contributed by atoms with Crippen LogP contribution in [0.4, 0.5) is 22.0 Å². The van der Waals surface area contributed by atoms with E-state index in [1.54, 1.807) is 0 Å². The summed E-state index contributed by atoms with van der Waals surface area (Å²) in [4.78, 5) is 0. The molecule has 41 heavy (non-hydrogen) atoms. The molecule has 0 aliphatic carbocycles. The molecular weight excluding hydrogens is 600 g/mol. The number of aromatic nitrogens is 9. The van der Waals surface area contributed by atoms with Gasteiger partial charge in [0.25, 0.3) is 0 Å². The monoisotopic (exact) mass is 615 g/mol. The van der Waals surface area contributed by atoms with Crippen molar-refractivity contribution in [3.05, 3.63) is 82.1 Å². The first-order chi connectivity index (χ1) is 19.6. The molecule has 214 valence electrons. The van der Waals surface area contributed by atoms with Gasteiger partial charge in [0.2, 0.25) is 5.69 Å². The van der Waals surface area contributed by atoms with E-state index in [0.717, 1.165) is 12.4 Å². The zero-order chi connectivity index (χ0) is 29.3. The molecule has 0 spiro atoms. The van der Waals surface area contributed by atoms with Crippen LogP contribution < -0.4 is 4.73 Å². The van der Waals surface area contributed by atoms with Crippen molar-refractivity contribution in [1.29, 1.82) is 0 Å². The molecule has 0 aliphatic rings. The van der Waals surface area contributed by atoms with E-state index < -0.39 is 31.6 Å². The first kappa shape index (κ1) is 28.4. The summed E-state index contributed by atoms with van der Waals surface area (Å²) >= 11 is 12.1. The highest BCUT2D eigenvalue weighted by molar-refractivity contribution is 6.33. The molecule has 5 aromatic rings. The maximum Gasteiger partial charge on any atom is 0.345 e. The highest BCUT2D eigenvalue weighted by atomic mass is 35.5. The van der Waals surface area contributed by atoms with Gasteiger partial charge in [-0.15, -0.1) is 5.10 Å². The Bertz CT molecular complexity index is 1660. The van der Waals surface area contributed by atoms with Crippen molar-refractivity contribution in [3.8, 4) is 28.1 Å². The molecule has 0 bridgehead atoms. The minimum Gasteiger partial charge on any atom is -0.618 e. The smallest absolute Gasteiger partial charge is 0.345 e. The molecule has 18 heteroatoms. The van der Waals surface area contributed by atoms with Gasteiger partial charge in [-0.25, -0.2) is 9.07 Å². The minimum atomic E-state index is -3.06. The van der Waals surface area contributed by atoms with E-state index in [-0.39, 0.29) is 50.2 Å². The molecule has 1 aromatic carbocycles.